The molecule has 0 saturated carbocycles. The lowest BCUT2D eigenvalue weighted by Crippen LogP contribution is -2.44. The van der Waals surface area contributed by atoms with Crippen LogP contribution < -0.4 is 15.5 Å². The van der Waals surface area contributed by atoms with Gasteiger partial charge in [0.15, 0.2) is 5.96 Å². The van der Waals surface area contributed by atoms with Crippen LogP contribution in [0.4, 0.5) is 5.69 Å². The average Bonchev–Trinajstić information content (AvgIpc) is 2.74. The molecule has 0 aliphatic carbocycles. The fraction of sp³-hybridized carbons (Fsp3) is 0.650. The van der Waals surface area contributed by atoms with E-state index in [1.807, 2.05) is 11.8 Å². The Kier molecular flexibility index (Phi) is 11.4. The normalized spacial score (nSPS) is 18.5. The van der Waals surface area contributed by atoms with Crippen molar-refractivity contribution < 1.29 is 4.74 Å². The topological polar surface area (TPSA) is 52.1 Å². The quantitative estimate of drug-likeness (QED) is 0.328. The van der Waals surface area contributed by atoms with Crippen LogP contribution in [0, 0.1) is 0 Å². The third kappa shape index (κ3) is 7.96. The van der Waals surface area contributed by atoms with Crippen molar-refractivity contribution in [3.8, 4) is 0 Å². The lowest BCUT2D eigenvalue weighted by molar-refractivity contribution is 0.0389. The molecule has 0 amide bonds. The van der Waals surface area contributed by atoms with Crippen molar-refractivity contribution in [3.63, 3.8) is 0 Å². The van der Waals surface area contributed by atoms with E-state index in [0.29, 0.717) is 6.54 Å². The molecular formula is C20H34IN5OS. The van der Waals surface area contributed by atoms with Crippen LogP contribution in [0.25, 0.3) is 0 Å². The first kappa shape index (κ1) is 23.6. The van der Waals surface area contributed by atoms with E-state index in [4.69, 9.17) is 9.73 Å². The van der Waals surface area contributed by atoms with E-state index < -0.39 is 0 Å². The van der Waals surface area contributed by atoms with Crippen LogP contribution in [-0.2, 0) is 11.3 Å². The molecule has 0 unspecified atom stereocenters. The van der Waals surface area contributed by atoms with Crippen LogP contribution in [-0.4, -0.2) is 81.4 Å². The number of guanidine groups is 1. The summed E-state index contributed by atoms with van der Waals surface area (Å²) in [6.45, 7) is 11.6. The third-order valence-corrected chi connectivity index (χ3v) is 5.84. The van der Waals surface area contributed by atoms with E-state index in [9.17, 15) is 0 Å². The second kappa shape index (κ2) is 13.5. The van der Waals surface area contributed by atoms with Gasteiger partial charge in [-0.3, -0.25) is 4.90 Å². The minimum absolute atomic E-state index is 0. The summed E-state index contributed by atoms with van der Waals surface area (Å²) in [6.07, 6.45) is 0. The van der Waals surface area contributed by atoms with E-state index in [2.05, 4.69) is 51.6 Å². The summed E-state index contributed by atoms with van der Waals surface area (Å²) >= 11 is 2.05. The first-order chi connectivity index (χ1) is 13.3. The summed E-state index contributed by atoms with van der Waals surface area (Å²) in [5.74, 6) is 3.35. The van der Waals surface area contributed by atoms with Gasteiger partial charge in [0.25, 0.3) is 0 Å². The number of nitrogens with zero attached hydrogens (tertiary/aromatic N) is 3. The number of halogens is 1. The molecule has 2 saturated heterocycles. The summed E-state index contributed by atoms with van der Waals surface area (Å²) in [6, 6.07) is 8.88. The Labute approximate surface area is 190 Å². The highest BCUT2D eigenvalue weighted by Gasteiger charge is 2.11. The largest absolute Gasteiger partial charge is 0.379 e. The maximum absolute atomic E-state index is 5.40. The Morgan fingerprint density at radius 3 is 2.46 bits per heavy atom. The molecule has 0 radical (unpaired) electrons. The summed E-state index contributed by atoms with van der Waals surface area (Å²) in [4.78, 5) is 9.64. The molecule has 0 atom stereocenters. The predicted molar refractivity (Wildman–Crippen MR) is 131 cm³/mol. The number of hydrogen-bond donors (Lipinski definition) is 2. The summed E-state index contributed by atoms with van der Waals surface area (Å²) < 4.78 is 5.40. The number of benzene rings is 1. The Morgan fingerprint density at radius 1 is 1.07 bits per heavy atom. The molecule has 0 aromatic heterocycles. The van der Waals surface area contributed by atoms with Gasteiger partial charge < -0.3 is 20.3 Å². The number of ether oxygens (including phenoxy) is 1. The second-order valence-electron chi connectivity index (χ2n) is 6.84. The van der Waals surface area contributed by atoms with Gasteiger partial charge in [0.2, 0.25) is 0 Å². The predicted octanol–water partition coefficient (Wildman–Crippen LogP) is 2.25. The van der Waals surface area contributed by atoms with Gasteiger partial charge in [-0.1, -0.05) is 12.1 Å². The van der Waals surface area contributed by atoms with Crippen LogP contribution in [0.15, 0.2) is 29.3 Å². The molecule has 0 bridgehead atoms. The van der Waals surface area contributed by atoms with Gasteiger partial charge in [-0.2, -0.15) is 11.8 Å². The highest BCUT2D eigenvalue weighted by atomic mass is 127. The number of nitrogens with one attached hydrogen (secondary N) is 2. The first-order valence-electron chi connectivity index (χ1n) is 10.1. The fourth-order valence-electron chi connectivity index (χ4n) is 3.30. The molecule has 1 aromatic carbocycles. The molecule has 0 spiro atoms. The summed E-state index contributed by atoms with van der Waals surface area (Å²) in [5.41, 5.74) is 2.58. The molecule has 2 aliphatic rings. The summed E-state index contributed by atoms with van der Waals surface area (Å²) in [5, 5.41) is 6.79. The van der Waals surface area contributed by atoms with Crippen molar-refractivity contribution in [2.24, 2.45) is 4.99 Å². The van der Waals surface area contributed by atoms with E-state index >= 15 is 0 Å². The second-order valence-corrected chi connectivity index (χ2v) is 8.07. The third-order valence-electron chi connectivity index (χ3n) is 4.90. The van der Waals surface area contributed by atoms with Crippen LogP contribution in [0.3, 0.4) is 0 Å². The van der Waals surface area contributed by atoms with Crippen molar-refractivity contribution in [3.05, 3.63) is 29.8 Å². The zero-order chi connectivity index (χ0) is 18.7. The van der Waals surface area contributed by atoms with Gasteiger partial charge in [-0.25, -0.2) is 4.99 Å². The van der Waals surface area contributed by atoms with Crippen LogP contribution in [0.5, 0.6) is 0 Å². The monoisotopic (exact) mass is 519 g/mol. The van der Waals surface area contributed by atoms with Gasteiger partial charge >= 0.3 is 0 Å². The van der Waals surface area contributed by atoms with E-state index in [0.717, 1.165) is 65.0 Å². The number of thioether (sulfide) groups is 1. The number of morpholine rings is 1. The zero-order valence-corrected chi connectivity index (χ0v) is 20.0. The standard InChI is InChI=1S/C20H33N5OS.HI/c1-2-21-20(22-7-8-24-9-13-26-14-10-24)23-17-18-3-5-19(6-4-18)25-11-15-27-16-12-25;/h3-6H,2,7-17H2,1H3,(H2,21,22,23);1H. The van der Waals surface area contributed by atoms with Gasteiger partial charge in [0, 0.05) is 63.0 Å². The van der Waals surface area contributed by atoms with E-state index in [1.165, 1.54) is 22.8 Å². The van der Waals surface area contributed by atoms with Crippen molar-refractivity contribution >= 4 is 47.4 Å². The Hall–Kier alpha value is -0.710. The van der Waals surface area contributed by atoms with Crippen LogP contribution in [0.2, 0.25) is 0 Å². The molecule has 158 valence electrons. The van der Waals surface area contributed by atoms with Gasteiger partial charge in [0.1, 0.15) is 0 Å². The molecule has 2 N–H and O–H groups in total. The van der Waals surface area contributed by atoms with Crippen molar-refractivity contribution in [1.82, 2.24) is 15.5 Å². The van der Waals surface area contributed by atoms with Crippen molar-refractivity contribution in [2.45, 2.75) is 13.5 Å². The lowest BCUT2D eigenvalue weighted by atomic mass is 10.2. The SMILES string of the molecule is CCNC(=NCc1ccc(N2CCSCC2)cc1)NCCN1CCOCC1.I. The first-order valence-corrected chi connectivity index (χ1v) is 11.2. The number of hydrogen-bond acceptors (Lipinski definition) is 5. The molecule has 28 heavy (non-hydrogen) atoms. The Balaban J connectivity index is 0.00000280. The number of aliphatic imine (C=N–C) groups is 1. The zero-order valence-electron chi connectivity index (χ0n) is 16.9. The highest BCUT2D eigenvalue weighted by Crippen LogP contribution is 2.20. The van der Waals surface area contributed by atoms with Gasteiger partial charge in [-0.15, -0.1) is 24.0 Å². The average molecular weight is 519 g/mol. The molecule has 6 nitrogen and oxygen atoms in total. The molecule has 2 aliphatic heterocycles. The number of anilines is 1. The number of rotatable bonds is 7. The molecule has 3 rings (SSSR count). The lowest BCUT2D eigenvalue weighted by Gasteiger charge is -2.28. The minimum atomic E-state index is 0. The highest BCUT2D eigenvalue weighted by molar-refractivity contribution is 14.0. The molecule has 8 heteroatoms. The molecular weight excluding hydrogens is 485 g/mol. The smallest absolute Gasteiger partial charge is 0.191 e. The maximum atomic E-state index is 5.40. The minimum Gasteiger partial charge on any atom is -0.379 e. The van der Waals surface area contributed by atoms with Crippen LogP contribution >= 0.6 is 35.7 Å². The van der Waals surface area contributed by atoms with E-state index in [1.54, 1.807) is 0 Å². The molecule has 2 fully saturated rings. The Bertz CT molecular complexity index is 574. The molecule has 2 heterocycles. The van der Waals surface area contributed by atoms with Crippen molar-refractivity contribution in [2.75, 3.05) is 75.4 Å². The van der Waals surface area contributed by atoms with Crippen molar-refractivity contribution in [1.29, 1.82) is 0 Å². The van der Waals surface area contributed by atoms with Gasteiger partial charge in [0.05, 0.1) is 19.8 Å². The Morgan fingerprint density at radius 2 is 1.79 bits per heavy atom. The summed E-state index contributed by atoms with van der Waals surface area (Å²) in [7, 11) is 0. The van der Waals surface area contributed by atoms with Crippen LogP contribution in [0.1, 0.15) is 12.5 Å². The van der Waals surface area contributed by atoms with E-state index in [-0.39, 0.29) is 24.0 Å². The maximum Gasteiger partial charge on any atom is 0.191 e. The fourth-order valence-corrected chi connectivity index (χ4v) is 4.21. The molecule has 1 aromatic rings. The van der Waals surface area contributed by atoms with Gasteiger partial charge in [-0.05, 0) is 24.6 Å².